The van der Waals surface area contributed by atoms with Crippen molar-refractivity contribution in [2.24, 2.45) is 0 Å². The number of aromatic nitrogens is 2. The van der Waals surface area contributed by atoms with Crippen molar-refractivity contribution in [3.63, 3.8) is 0 Å². The molecule has 0 unspecified atom stereocenters. The molecule has 0 aliphatic carbocycles. The number of halogens is 3. The van der Waals surface area contributed by atoms with Crippen LogP contribution in [-0.4, -0.2) is 15.5 Å². The van der Waals surface area contributed by atoms with Gasteiger partial charge in [-0.2, -0.15) is 18.3 Å². The van der Waals surface area contributed by atoms with E-state index < -0.39 is 17.2 Å². The molecule has 1 heterocycles. The smallest absolute Gasteiger partial charge is 0.354 e. The maximum absolute atomic E-state index is 13.0. The van der Waals surface area contributed by atoms with Crippen LogP contribution in [0.2, 0.25) is 0 Å². The first-order valence-electron chi connectivity index (χ1n) is 8.61. The quantitative estimate of drug-likeness (QED) is 0.610. The Kier molecular flexibility index (Phi) is 5.63. The van der Waals surface area contributed by atoms with Gasteiger partial charge in [-0.1, -0.05) is 24.3 Å². The second kappa shape index (κ2) is 8.14. The fraction of sp³-hybridized carbons (Fsp3) is 0.0952. The van der Waals surface area contributed by atoms with E-state index in [9.17, 15) is 18.0 Å². The monoisotopic (exact) mass is 398 g/mol. The van der Waals surface area contributed by atoms with Crippen molar-refractivity contribution in [1.82, 2.24) is 9.78 Å². The predicted molar refractivity (Wildman–Crippen MR) is 106 cm³/mol. The van der Waals surface area contributed by atoms with Gasteiger partial charge in [0.2, 0.25) is 5.43 Å². The highest BCUT2D eigenvalue weighted by Gasteiger charge is 2.30. The van der Waals surface area contributed by atoms with E-state index in [2.05, 4.69) is 10.4 Å². The second-order valence-corrected chi connectivity index (χ2v) is 6.25. The lowest BCUT2D eigenvalue weighted by atomic mass is 10.2. The van der Waals surface area contributed by atoms with Gasteiger partial charge < -0.3 is 10.7 Å². The van der Waals surface area contributed by atoms with E-state index in [0.29, 0.717) is 5.69 Å². The summed E-state index contributed by atoms with van der Waals surface area (Å²) < 4.78 is 40.3. The maximum atomic E-state index is 13.0. The number of anilines is 1. The van der Waals surface area contributed by atoms with Crippen LogP contribution in [0.1, 0.15) is 18.2 Å². The molecule has 0 atom stereocenters. The van der Waals surface area contributed by atoms with Gasteiger partial charge in [0.15, 0.2) is 5.69 Å². The van der Waals surface area contributed by atoms with Crippen molar-refractivity contribution in [3.8, 4) is 5.69 Å². The minimum Gasteiger partial charge on any atom is -0.354 e. The van der Waals surface area contributed by atoms with Crippen molar-refractivity contribution in [3.05, 3.63) is 94.4 Å². The number of hydrogen-bond acceptors (Lipinski definition) is 4. The zero-order chi connectivity index (χ0) is 21.0. The van der Waals surface area contributed by atoms with Crippen LogP contribution in [-0.2, 0) is 6.18 Å². The molecule has 0 amide bonds. The Bertz CT molecular complexity index is 1120. The van der Waals surface area contributed by atoms with Gasteiger partial charge in [-0.3, -0.25) is 4.79 Å². The van der Waals surface area contributed by atoms with E-state index in [1.165, 1.54) is 35.2 Å². The maximum Gasteiger partial charge on any atom is 0.416 e. The van der Waals surface area contributed by atoms with Crippen LogP contribution in [0.5, 0.6) is 0 Å². The largest absolute Gasteiger partial charge is 0.416 e. The number of hydrogen-bond donors (Lipinski definition) is 2. The molecular weight excluding hydrogens is 381 g/mol. The summed E-state index contributed by atoms with van der Waals surface area (Å²) in [4.78, 5) is 12.4. The van der Waals surface area contributed by atoms with Crippen molar-refractivity contribution in [2.75, 3.05) is 5.32 Å². The molecule has 0 bridgehead atoms. The third-order valence-corrected chi connectivity index (χ3v) is 3.92. The molecule has 29 heavy (non-hydrogen) atoms. The number of para-hydroxylation sites is 1. The zero-order valence-corrected chi connectivity index (χ0v) is 15.4. The molecule has 1 aromatic heterocycles. The summed E-state index contributed by atoms with van der Waals surface area (Å²) in [6, 6.07) is 14.9. The lowest BCUT2D eigenvalue weighted by molar-refractivity contribution is -0.137. The van der Waals surface area contributed by atoms with E-state index in [1.54, 1.807) is 31.2 Å². The Morgan fingerprint density at radius 2 is 1.83 bits per heavy atom. The molecule has 0 saturated carbocycles. The Hall–Kier alpha value is -3.68. The fourth-order valence-corrected chi connectivity index (χ4v) is 2.62. The minimum atomic E-state index is -4.49. The van der Waals surface area contributed by atoms with Crippen LogP contribution in [0.25, 0.3) is 11.4 Å². The highest BCUT2D eigenvalue weighted by atomic mass is 19.4. The van der Waals surface area contributed by atoms with Crippen LogP contribution in [0.15, 0.2) is 77.7 Å². The van der Waals surface area contributed by atoms with Gasteiger partial charge in [0.05, 0.1) is 16.9 Å². The molecule has 0 saturated heterocycles. The summed E-state index contributed by atoms with van der Waals surface area (Å²) in [6.07, 6.45) is -1.75. The van der Waals surface area contributed by atoms with E-state index in [0.717, 1.165) is 12.1 Å². The molecule has 0 aliphatic heterocycles. The lowest BCUT2D eigenvalue weighted by Crippen LogP contribution is -2.19. The standard InChI is InChI=1S/C21H17F3N4O/c1-14(25)12-18(26-16-7-3-2-4-8-16)20-19(29)10-11-28(27-20)17-9-5-6-15(13-17)21(22,23)24/h2-13,25-26H,1H3/b18-12-,25-14?. The molecule has 2 aromatic carbocycles. The predicted octanol–water partition coefficient (Wildman–Crippen LogP) is 4.74. The van der Waals surface area contributed by atoms with Crippen LogP contribution in [0.4, 0.5) is 18.9 Å². The van der Waals surface area contributed by atoms with Gasteiger partial charge in [0, 0.05) is 23.7 Å². The molecule has 0 spiro atoms. The Morgan fingerprint density at radius 1 is 1.10 bits per heavy atom. The van der Waals surface area contributed by atoms with Crippen LogP contribution >= 0.6 is 0 Å². The van der Waals surface area contributed by atoms with Crippen molar-refractivity contribution < 1.29 is 13.2 Å². The number of allylic oxidation sites excluding steroid dienone is 1. The van der Waals surface area contributed by atoms with E-state index in [1.807, 2.05) is 6.07 Å². The van der Waals surface area contributed by atoms with Crippen LogP contribution in [0, 0.1) is 5.41 Å². The molecule has 3 rings (SSSR count). The number of rotatable bonds is 5. The third-order valence-electron chi connectivity index (χ3n) is 3.92. The Labute approximate surface area is 164 Å². The summed E-state index contributed by atoms with van der Waals surface area (Å²) in [7, 11) is 0. The minimum absolute atomic E-state index is 0.0136. The first-order chi connectivity index (χ1) is 13.7. The number of alkyl halides is 3. The van der Waals surface area contributed by atoms with Gasteiger partial charge in [0.1, 0.15) is 0 Å². The van der Waals surface area contributed by atoms with Crippen molar-refractivity contribution in [1.29, 1.82) is 5.41 Å². The molecule has 0 radical (unpaired) electrons. The van der Waals surface area contributed by atoms with E-state index in [-0.39, 0.29) is 22.8 Å². The number of nitrogens with one attached hydrogen (secondary N) is 2. The molecular formula is C21H17F3N4O. The first-order valence-corrected chi connectivity index (χ1v) is 8.61. The topological polar surface area (TPSA) is 70.8 Å². The summed E-state index contributed by atoms with van der Waals surface area (Å²) in [5.41, 5.74) is 0.0339. The molecule has 8 heteroatoms. The highest BCUT2D eigenvalue weighted by Crippen LogP contribution is 2.30. The second-order valence-electron chi connectivity index (χ2n) is 6.25. The molecule has 5 nitrogen and oxygen atoms in total. The summed E-state index contributed by atoms with van der Waals surface area (Å²) in [5.74, 6) is 0. The Balaban J connectivity index is 2.08. The molecule has 3 aromatic rings. The normalized spacial score (nSPS) is 11.9. The van der Waals surface area contributed by atoms with Gasteiger partial charge in [-0.15, -0.1) is 0 Å². The van der Waals surface area contributed by atoms with Gasteiger partial charge >= 0.3 is 6.18 Å². The molecule has 148 valence electrons. The van der Waals surface area contributed by atoms with Gasteiger partial charge in [0.25, 0.3) is 0 Å². The SMILES string of the molecule is CC(=N)/C=C(\Nc1ccccc1)c1nn(-c2cccc(C(F)(F)F)c2)ccc1=O. The third kappa shape index (κ3) is 4.98. The molecule has 0 aliphatic rings. The zero-order valence-electron chi connectivity index (χ0n) is 15.4. The van der Waals surface area contributed by atoms with Crippen LogP contribution in [0.3, 0.4) is 0 Å². The van der Waals surface area contributed by atoms with Gasteiger partial charge in [-0.05, 0) is 43.3 Å². The average Bonchev–Trinajstić information content (AvgIpc) is 2.68. The first kappa shape index (κ1) is 20.1. The summed E-state index contributed by atoms with van der Waals surface area (Å²) in [5, 5.41) is 15.0. The molecule has 0 fully saturated rings. The number of benzene rings is 2. The average molecular weight is 398 g/mol. The molecule has 2 N–H and O–H groups in total. The summed E-state index contributed by atoms with van der Waals surface area (Å²) >= 11 is 0. The van der Waals surface area contributed by atoms with Gasteiger partial charge in [-0.25, -0.2) is 4.68 Å². The van der Waals surface area contributed by atoms with Crippen molar-refractivity contribution in [2.45, 2.75) is 13.1 Å². The van der Waals surface area contributed by atoms with E-state index >= 15 is 0 Å². The fourth-order valence-electron chi connectivity index (χ4n) is 2.62. The Morgan fingerprint density at radius 3 is 2.48 bits per heavy atom. The van der Waals surface area contributed by atoms with Crippen molar-refractivity contribution >= 4 is 17.1 Å². The summed E-state index contributed by atoms with van der Waals surface area (Å²) in [6.45, 7) is 1.54. The lowest BCUT2D eigenvalue weighted by Gasteiger charge is -2.13. The number of nitrogens with zero attached hydrogens (tertiary/aromatic N) is 2. The highest BCUT2D eigenvalue weighted by molar-refractivity contribution is 5.98. The van der Waals surface area contributed by atoms with Crippen LogP contribution < -0.4 is 10.7 Å². The van der Waals surface area contributed by atoms with E-state index in [4.69, 9.17) is 5.41 Å².